The molecular weight excluding hydrogens is 617 g/mol. The van der Waals surface area contributed by atoms with Gasteiger partial charge in [-0.3, -0.25) is 0 Å². The molecule has 0 fully saturated rings. The van der Waals surface area contributed by atoms with Crippen LogP contribution in [0.4, 0.5) is 0 Å². The molecule has 0 bridgehead atoms. The van der Waals surface area contributed by atoms with Crippen LogP contribution in [-0.4, -0.2) is 9.97 Å². The third-order valence-corrected chi connectivity index (χ3v) is 5.88. The summed E-state index contributed by atoms with van der Waals surface area (Å²) in [6, 6.07) is 36.4. The van der Waals surface area contributed by atoms with Crippen molar-refractivity contribution in [2.75, 3.05) is 0 Å². The van der Waals surface area contributed by atoms with Gasteiger partial charge in [0.2, 0.25) is 0 Å². The Kier molecular flexibility index (Phi) is 7.51. The van der Waals surface area contributed by atoms with Gasteiger partial charge in [-0.1, -0.05) is 84.7 Å². The second-order valence-corrected chi connectivity index (χ2v) is 8.59. The molecule has 3 heteroatoms. The number of fused-ring (bicyclic) bond motifs is 3. The molecule has 0 spiro atoms. The third kappa shape index (κ3) is 5.76. The second-order valence-electron chi connectivity index (χ2n) is 8.59. The summed E-state index contributed by atoms with van der Waals surface area (Å²) in [5, 5.41) is 3.53. The van der Waals surface area contributed by atoms with E-state index in [9.17, 15) is 0 Å². The molecule has 0 aliphatic carbocycles. The summed E-state index contributed by atoms with van der Waals surface area (Å²) < 4.78 is 16.7. The molecule has 0 N–H and O–H groups in total. The quantitative estimate of drug-likeness (QED) is 0.143. The first-order valence-electron chi connectivity index (χ1n) is 12.7. The van der Waals surface area contributed by atoms with Gasteiger partial charge >= 0.3 is 0 Å². The van der Waals surface area contributed by atoms with Crippen LogP contribution in [0.3, 0.4) is 0 Å². The summed E-state index contributed by atoms with van der Waals surface area (Å²) in [4.78, 5) is 8.69. The molecule has 2 nitrogen and oxygen atoms in total. The molecule has 179 valence electrons. The first-order chi connectivity index (χ1) is 18.0. The minimum Gasteiger partial charge on any atom is -0.305 e. The number of pyridine rings is 2. The number of nitrogens with zero attached hydrogens (tertiary/aromatic N) is 2. The van der Waals surface area contributed by atoms with Gasteiger partial charge < -0.3 is 9.97 Å². The zero-order valence-electron chi connectivity index (χ0n) is 22.1. The second kappa shape index (κ2) is 11.9. The minimum atomic E-state index is 0. The minimum absolute atomic E-state index is 0. The fraction of sp³-hybridized carbons (Fsp3) is 0.0909. The molecule has 2 aromatic heterocycles. The average molecular weight is 645 g/mol. The standard InChI is InChI=1S/C22H18N.C11H8N.Ir/c1-15(2)17-11-12-23-22(14-17)19-9-10-21-18(13-19)8-7-16-5-3-4-6-20(16)21;1-2-6-10(7-3-1)11-8-4-5-9-12-11;/h3-8,10-15H,1-2H3;1-6,8-9H;/q2*-1;/i7D,8D;;. The van der Waals surface area contributed by atoms with Gasteiger partial charge in [-0.2, -0.15) is 0 Å². The van der Waals surface area contributed by atoms with E-state index >= 15 is 0 Å². The molecule has 0 saturated carbocycles. The number of hydrogen-bond donors (Lipinski definition) is 0. The van der Waals surface area contributed by atoms with Gasteiger partial charge in [-0.05, 0) is 34.8 Å². The van der Waals surface area contributed by atoms with Crippen molar-refractivity contribution in [1.82, 2.24) is 9.97 Å². The molecule has 0 saturated heterocycles. The van der Waals surface area contributed by atoms with Crippen LogP contribution in [0.25, 0.3) is 44.1 Å². The monoisotopic (exact) mass is 645 g/mol. The molecule has 2 heterocycles. The van der Waals surface area contributed by atoms with Gasteiger partial charge in [0.25, 0.3) is 0 Å². The molecule has 0 aliphatic rings. The first-order valence-corrected chi connectivity index (χ1v) is 11.7. The molecule has 0 unspecified atom stereocenters. The van der Waals surface area contributed by atoms with E-state index < -0.39 is 0 Å². The van der Waals surface area contributed by atoms with E-state index in [1.807, 2.05) is 91.1 Å². The van der Waals surface area contributed by atoms with E-state index in [4.69, 9.17) is 2.74 Å². The first kappa shape index (κ1) is 22.8. The van der Waals surface area contributed by atoms with Crippen LogP contribution in [-0.2, 0) is 20.1 Å². The molecule has 0 aliphatic heterocycles. The Balaban J connectivity index is 0.000000218. The summed E-state index contributed by atoms with van der Waals surface area (Å²) in [5.41, 5.74) is 4.95. The van der Waals surface area contributed by atoms with E-state index in [1.54, 1.807) is 6.20 Å². The number of rotatable bonds is 3. The van der Waals surface area contributed by atoms with Gasteiger partial charge in [0.05, 0.1) is 2.74 Å². The largest absolute Gasteiger partial charge is 0.305 e. The van der Waals surface area contributed by atoms with Gasteiger partial charge in [-0.25, -0.2) is 0 Å². The van der Waals surface area contributed by atoms with Gasteiger partial charge in [-0.15, -0.1) is 65.0 Å². The molecule has 6 aromatic rings. The Morgan fingerprint density at radius 3 is 2.25 bits per heavy atom. The predicted octanol–water partition coefficient (Wildman–Crippen LogP) is 8.52. The molecule has 36 heavy (non-hydrogen) atoms. The molecule has 6 rings (SSSR count). The van der Waals surface area contributed by atoms with E-state index in [0.29, 0.717) is 5.92 Å². The Morgan fingerprint density at radius 2 is 1.47 bits per heavy atom. The van der Waals surface area contributed by atoms with Gasteiger partial charge in [0.1, 0.15) is 0 Å². The molecule has 0 amide bonds. The van der Waals surface area contributed by atoms with Crippen molar-refractivity contribution in [2.45, 2.75) is 19.8 Å². The van der Waals surface area contributed by atoms with Crippen molar-refractivity contribution < 1.29 is 22.8 Å². The number of benzene rings is 4. The summed E-state index contributed by atoms with van der Waals surface area (Å²) in [5.74, 6) is 0.428. The Hall–Kier alpha value is -3.65. The predicted molar refractivity (Wildman–Crippen MR) is 146 cm³/mol. The van der Waals surface area contributed by atoms with Gasteiger partial charge in [0, 0.05) is 32.5 Å². The number of aromatic nitrogens is 2. The fourth-order valence-electron chi connectivity index (χ4n) is 3.96. The van der Waals surface area contributed by atoms with Crippen LogP contribution in [0.5, 0.6) is 0 Å². The van der Waals surface area contributed by atoms with Crippen LogP contribution in [0.15, 0.2) is 115 Å². The van der Waals surface area contributed by atoms with Crippen LogP contribution >= 0.6 is 0 Å². The summed E-state index contributed by atoms with van der Waals surface area (Å²) in [6.45, 7) is 4.31. The maximum absolute atomic E-state index is 8.42. The summed E-state index contributed by atoms with van der Waals surface area (Å²) in [7, 11) is 0. The summed E-state index contributed by atoms with van der Waals surface area (Å²) in [6.07, 6.45) is 3.61. The van der Waals surface area contributed by atoms with E-state index in [1.165, 1.54) is 5.56 Å². The SMILES string of the molecule is [2H]c1c([2H])c2ccccc2c2c[c-]c(-c3cc(C(C)C)ccn3)cc12.[Ir].[c-]1ccccc1-c1ccccn1. The molecular formula is C33H26IrN2-2. The molecule has 4 aromatic carbocycles. The van der Waals surface area contributed by atoms with Crippen molar-refractivity contribution >= 4 is 21.5 Å². The Bertz CT molecular complexity index is 1630. The topological polar surface area (TPSA) is 25.8 Å². The average Bonchev–Trinajstić information content (AvgIpc) is 2.97. The Morgan fingerprint density at radius 1 is 0.694 bits per heavy atom. The zero-order chi connectivity index (χ0) is 25.8. The van der Waals surface area contributed by atoms with Crippen LogP contribution in [0.2, 0.25) is 0 Å². The van der Waals surface area contributed by atoms with Crippen LogP contribution < -0.4 is 0 Å². The van der Waals surface area contributed by atoms with Crippen molar-refractivity contribution in [3.63, 3.8) is 0 Å². The van der Waals surface area contributed by atoms with Crippen molar-refractivity contribution in [3.05, 3.63) is 133 Å². The van der Waals surface area contributed by atoms with Crippen LogP contribution in [0, 0.1) is 12.1 Å². The van der Waals surface area contributed by atoms with Crippen molar-refractivity contribution in [1.29, 1.82) is 0 Å². The smallest absolute Gasteiger partial charge is 0.0629 e. The van der Waals surface area contributed by atoms with Crippen LogP contribution in [0.1, 0.15) is 28.1 Å². The summed E-state index contributed by atoms with van der Waals surface area (Å²) >= 11 is 0. The molecule has 0 atom stereocenters. The van der Waals surface area contributed by atoms with Gasteiger partial charge in [0.15, 0.2) is 0 Å². The number of hydrogen-bond acceptors (Lipinski definition) is 2. The normalized spacial score (nSPS) is 11.3. The van der Waals surface area contributed by atoms with Crippen molar-refractivity contribution in [2.24, 2.45) is 0 Å². The fourth-order valence-corrected chi connectivity index (χ4v) is 3.96. The van der Waals surface area contributed by atoms with E-state index in [-0.39, 0.29) is 32.2 Å². The van der Waals surface area contributed by atoms with Crippen molar-refractivity contribution in [3.8, 4) is 22.5 Å². The maximum atomic E-state index is 8.42. The van der Waals surface area contributed by atoms with E-state index in [0.717, 1.165) is 44.1 Å². The Labute approximate surface area is 229 Å². The zero-order valence-corrected chi connectivity index (χ0v) is 22.5. The third-order valence-electron chi connectivity index (χ3n) is 5.88. The van der Waals surface area contributed by atoms with E-state index in [2.05, 4.69) is 42.0 Å². The molecule has 1 radical (unpaired) electrons. The maximum Gasteiger partial charge on any atom is 0.0629 e.